The predicted octanol–water partition coefficient (Wildman–Crippen LogP) is 1.34. The van der Waals surface area contributed by atoms with Crippen LogP contribution < -0.4 is 11.1 Å². The molecule has 8 nitrogen and oxygen atoms in total. The van der Waals surface area contributed by atoms with Gasteiger partial charge in [-0.3, -0.25) is 9.58 Å². The largest absolute Gasteiger partial charge is 0.375 e. The Labute approximate surface area is 143 Å². The van der Waals surface area contributed by atoms with E-state index in [0.717, 1.165) is 31.9 Å². The number of nitrogens with one attached hydrogen (secondary N) is 1. The lowest BCUT2D eigenvalue weighted by atomic mass is 10.2. The van der Waals surface area contributed by atoms with Crippen LogP contribution in [0.15, 0.2) is 30.7 Å². The van der Waals surface area contributed by atoms with Crippen LogP contribution in [0.5, 0.6) is 0 Å². The molecular weight excluding hydrogens is 324 g/mol. The number of fused-ring (bicyclic) bond motifs is 1. The second kappa shape index (κ2) is 6.54. The molecule has 0 unspecified atom stereocenters. The molecule has 4 rings (SSSR count). The minimum absolute atomic E-state index is 0.618. The summed E-state index contributed by atoms with van der Waals surface area (Å²) < 4.78 is 2.08. The maximum atomic E-state index is 5.70. The minimum atomic E-state index is 0.618. The molecule has 9 heteroatoms. The first-order valence-corrected chi connectivity index (χ1v) is 8.57. The second-order valence-electron chi connectivity index (χ2n) is 5.65. The number of rotatable bonds is 5. The van der Waals surface area contributed by atoms with Crippen molar-refractivity contribution in [3.05, 3.63) is 47.0 Å². The number of hydrogen-bond donors (Lipinski definition) is 2. The van der Waals surface area contributed by atoms with Crippen LogP contribution in [0.1, 0.15) is 16.3 Å². The molecule has 0 radical (unpaired) electrons. The molecule has 3 aromatic rings. The molecule has 0 amide bonds. The SMILES string of the molecule is Nc1ncc(CN2CCn3nc(CNc4ncccn4)cc3C2)s1. The van der Waals surface area contributed by atoms with E-state index in [-0.39, 0.29) is 0 Å². The number of anilines is 2. The normalized spacial score (nSPS) is 14.5. The Kier molecular flexibility index (Phi) is 4.09. The third-order valence-corrected chi connectivity index (χ3v) is 4.68. The maximum absolute atomic E-state index is 5.70. The van der Waals surface area contributed by atoms with Crippen LogP contribution in [0.2, 0.25) is 0 Å². The van der Waals surface area contributed by atoms with E-state index >= 15 is 0 Å². The molecule has 124 valence electrons. The highest BCUT2D eigenvalue weighted by Crippen LogP contribution is 2.20. The summed E-state index contributed by atoms with van der Waals surface area (Å²) in [6.07, 6.45) is 5.30. The fourth-order valence-electron chi connectivity index (χ4n) is 2.78. The fraction of sp³-hybridized carbons (Fsp3) is 0.333. The van der Waals surface area contributed by atoms with Crippen LogP contribution in [0.3, 0.4) is 0 Å². The minimum Gasteiger partial charge on any atom is -0.375 e. The van der Waals surface area contributed by atoms with Gasteiger partial charge in [0.25, 0.3) is 0 Å². The van der Waals surface area contributed by atoms with Crippen LogP contribution in [0, 0.1) is 0 Å². The maximum Gasteiger partial charge on any atom is 0.222 e. The van der Waals surface area contributed by atoms with Crippen molar-refractivity contribution < 1.29 is 0 Å². The first-order valence-electron chi connectivity index (χ1n) is 7.75. The Morgan fingerprint density at radius 3 is 2.88 bits per heavy atom. The summed E-state index contributed by atoms with van der Waals surface area (Å²) in [5, 5.41) is 8.47. The monoisotopic (exact) mass is 342 g/mol. The van der Waals surface area contributed by atoms with Crippen molar-refractivity contribution >= 4 is 22.4 Å². The van der Waals surface area contributed by atoms with E-state index in [1.165, 1.54) is 10.6 Å². The zero-order valence-corrected chi connectivity index (χ0v) is 13.9. The van der Waals surface area contributed by atoms with Crippen molar-refractivity contribution in [2.24, 2.45) is 0 Å². The fourth-order valence-corrected chi connectivity index (χ4v) is 3.50. The summed E-state index contributed by atoms with van der Waals surface area (Å²) >= 11 is 1.55. The molecule has 0 aliphatic carbocycles. The average molecular weight is 342 g/mol. The van der Waals surface area contributed by atoms with Gasteiger partial charge in [-0.05, 0) is 12.1 Å². The lowest BCUT2D eigenvalue weighted by Crippen LogP contribution is -2.33. The predicted molar refractivity (Wildman–Crippen MR) is 92.2 cm³/mol. The van der Waals surface area contributed by atoms with Gasteiger partial charge in [0.2, 0.25) is 5.95 Å². The highest BCUT2D eigenvalue weighted by Gasteiger charge is 2.19. The Bertz CT molecular complexity index is 812. The zero-order chi connectivity index (χ0) is 16.4. The highest BCUT2D eigenvalue weighted by molar-refractivity contribution is 7.15. The van der Waals surface area contributed by atoms with Gasteiger partial charge >= 0.3 is 0 Å². The van der Waals surface area contributed by atoms with E-state index in [4.69, 9.17) is 5.73 Å². The van der Waals surface area contributed by atoms with E-state index in [2.05, 4.69) is 41.0 Å². The molecule has 1 aliphatic rings. The molecule has 0 saturated carbocycles. The summed E-state index contributed by atoms with van der Waals surface area (Å²) in [6, 6.07) is 3.94. The molecule has 0 bridgehead atoms. The van der Waals surface area contributed by atoms with Gasteiger partial charge in [0.15, 0.2) is 5.13 Å². The third-order valence-electron chi connectivity index (χ3n) is 3.87. The van der Waals surface area contributed by atoms with Crippen LogP contribution in [-0.2, 0) is 26.2 Å². The van der Waals surface area contributed by atoms with Crippen molar-refractivity contribution in [3.63, 3.8) is 0 Å². The molecule has 3 aromatic heterocycles. The smallest absolute Gasteiger partial charge is 0.222 e. The zero-order valence-electron chi connectivity index (χ0n) is 13.1. The summed E-state index contributed by atoms with van der Waals surface area (Å²) in [6.45, 7) is 4.25. The Morgan fingerprint density at radius 2 is 2.08 bits per heavy atom. The van der Waals surface area contributed by atoms with Gasteiger partial charge in [-0.2, -0.15) is 5.10 Å². The van der Waals surface area contributed by atoms with Crippen molar-refractivity contribution in [3.8, 4) is 0 Å². The topological polar surface area (TPSA) is 97.8 Å². The van der Waals surface area contributed by atoms with E-state index < -0.39 is 0 Å². The lowest BCUT2D eigenvalue weighted by molar-refractivity contribution is 0.206. The molecule has 4 heterocycles. The molecule has 0 spiro atoms. The van der Waals surface area contributed by atoms with Gasteiger partial charge in [-0.1, -0.05) is 0 Å². The molecule has 1 aliphatic heterocycles. The van der Waals surface area contributed by atoms with Crippen LogP contribution in [0.25, 0.3) is 0 Å². The van der Waals surface area contributed by atoms with Gasteiger partial charge in [0.1, 0.15) is 0 Å². The second-order valence-corrected chi connectivity index (χ2v) is 6.80. The summed E-state index contributed by atoms with van der Waals surface area (Å²) in [5.41, 5.74) is 7.93. The highest BCUT2D eigenvalue weighted by atomic mass is 32.1. The van der Waals surface area contributed by atoms with Gasteiger partial charge in [0, 0.05) is 43.1 Å². The van der Waals surface area contributed by atoms with E-state index in [0.29, 0.717) is 17.6 Å². The summed E-state index contributed by atoms with van der Waals surface area (Å²) in [4.78, 5) is 16.0. The number of nitrogens with zero attached hydrogens (tertiary/aromatic N) is 6. The Hall–Kier alpha value is -2.52. The van der Waals surface area contributed by atoms with Crippen molar-refractivity contribution in [1.82, 2.24) is 29.6 Å². The van der Waals surface area contributed by atoms with Gasteiger partial charge in [-0.25, -0.2) is 15.0 Å². The van der Waals surface area contributed by atoms with Crippen molar-refractivity contribution in [1.29, 1.82) is 0 Å². The number of thiazole rings is 1. The summed E-state index contributed by atoms with van der Waals surface area (Å²) in [5.74, 6) is 0.618. The van der Waals surface area contributed by atoms with Crippen LogP contribution in [0.4, 0.5) is 11.1 Å². The van der Waals surface area contributed by atoms with E-state index in [9.17, 15) is 0 Å². The van der Waals surface area contributed by atoms with Gasteiger partial charge in [0.05, 0.1) is 24.5 Å². The van der Waals surface area contributed by atoms with Crippen molar-refractivity contribution in [2.45, 2.75) is 26.2 Å². The standard InChI is InChI=1S/C15H18N8S/c16-14-19-8-13(24-14)10-22-4-5-23-12(9-22)6-11(21-23)7-20-15-17-2-1-3-18-15/h1-3,6,8H,4-5,7,9-10H2,(H2,16,19)(H,17,18,20). The molecule has 0 atom stereocenters. The summed E-state index contributed by atoms with van der Waals surface area (Å²) in [7, 11) is 0. The van der Waals surface area contributed by atoms with Crippen LogP contribution in [-0.4, -0.2) is 36.2 Å². The van der Waals surface area contributed by atoms with Gasteiger partial charge in [-0.15, -0.1) is 11.3 Å². The molecule has 24 heavy (non-hydrogen) atoms. The molecule has 0 saturated heterocycles. The number of nitrogen functional groups attached to an aromatic ring is 1. The lowest BCUT2D eigenvalue weighted by Gasteiger charge is -2.26. The first kappa shape index (κ1) is 15.0. The molecule has 3 N–H and O–H groups in total. The average Bonchev–Trinajstić information content (AvgIpc) is 3.19. The Morgan fingerprint density at radius 1 is 1.21 bits per heavy atom. The molecule has 0 fully saturated rings. The number of hydrogen-bond acceptors (Lipinski definition) is 8. The third kappa shape index (κ3) is 3.36. The number of nitrogens with two attached hydrogens (primary N) is 1. The molecular formula is C15H18N8S. The quantitative estimate of drug-likeness (QED) is 0.722. The number of aromatic nitrogens is 5. The van der Waals surface area contributed by atoms with Gasteiger partial charge < -0.3 is 11.1 Å². The van der Waals surface area contributed by atoms with Crippen LogP contribution >= 0.6 is 11.3 Å². The first-order chi connectivity index (χ1) is 11.8. The Balaban J connectivity index is 1.38. The molecule has 0 aromatic carbocycles. The van der Waals surface area contributed by atoms with Crippen molar-refractivity contribution in [2.75, 3.05) is 17.6 Å². The van der Waals surface area contributed by atoms with E-state index in [1.807, 2.05) is 6.20 Å². The van der Waals surface area contributed by atoms with E-state index in [1.54, 1.807) is 29.8 Å².